The highest BCUT2D eigenvalue weighted by atomic mass is 35.5. The zero-order valence-corrected chi connectivity index (χ0v) is 15.4. The lowest BCUT2D eigenvalue weighted by atomic mass is 10.1. The molecule has 2 rings (SSSR count). The highest BCUT2D eigenvalue weighted by molar-refractivity contribution is 6.33. The van der Waals surface area contributed by atoms with E-state index in [9.17, 15) is 4.79 Å². The first-order valence-corrected chi connectivity index (χ1v) is 8.47. The topological polar surface area (TPSA) is 56.8 Å². The standard InChI is InChI=1S/C19H22ClNO4/c1-4-24-17-9-6-13(10-18(17)25-5-2)11-19(22)21-16-8-7-14(23-3)12-15(16)20/h6-10,12H,4-5,11H2,1-3H3,(H,21,22). The third kappa shape index (κ3) is 5.29. The van der Waals surface area contributed by atoms with Crippen LogP contribution in [0.25, 0.3) is 0 Å². The van der Waals surface area contributed by atoms with Gasteiger partial charge in [0, 0.05) is 6.07 Å². The lowest BCUT2D eigenvalue weighted by molar-refractivity contribution is -0.115. The van der Waals surface area contributed by atoms with E-state index >= 15 is 0 Å². The molecule has 134 valence electrons. The average molecular weight is 364 g/mol. The minimum absolute atomic E-state index is 0.168. The van der Waals surface area contributed by atoms with E-state index in [-0.39, 0.29) is 12.3 Å². The molecule has 5 nitrogen and oxygen atoms in total. The van der Waals surface area contributed by atoms with Crippen molar-refractivity contribution in [3.05, 3.63) is 47.0 Å². The number of hydrogen-bond acceptors (Lipinski definition) is 4. The van der Waals surface area contributed by atoms with Gasteiger partial charge in [-0.1, -0.05) is 17.7 Å². The van der Waals surface area contributed by atoms with Crippen molar-refractivity contribution in [1.29, 1.82) is 0 Å². The van der Waals surface area contributed by atoms with E-state index < -0.39 is 0 Å². The largest absolute Gasteiger partial charge is 0.497 e. The van der Waals surface area contributed by atoms with E-state index in [0.717, 1.165) is 5.56 Å². The third-order valence-corrected chi connectivity index (χ3v) is 3.74. The number of benzene rings is 2. The van der Waals surface area contributed by atoms with Crippen molar-refractivity contribution in [2.75, 3.05) is 25.6 Å². The lowest BCUT2D eigenvalue weighted by Gasteiger charge is -2.13. The van der Waals surface area contributed by atoms with Gasteiger partial charge >= 0.3 is 0 Å². The fraction of sp³-hybridized carbons (Fsp3) is 0.316. The zero-order chi connectivity index (χ0) is 18.2. The number of nitrogens with one attached hydrogen (secondary N) is 1. The van der Waals surface area contributed by atoms with Crippen LogP contribution >= 0.6 is 11.6 Å². The summed E-state index contributed by atoms with van der Waals surface area (Å²) in [5.41, 5.74) is 1.37. The Balaban J connectivity index is 2.08. The maximum atomic E-state index is 12.3. The fourth-order valence-electron chi connectivity index (χ4n) is 2.31. The number of carbonyl (C=O) groups excluding carboxylic acids is 1. The Labute approximate surface area is 152 Å². The van der Waals surface area contributed by atoms with Gasteiger partial charge in [0.1, 0.15) is 5.75 Å². The number of carbonyl (C=O) groups is 1. The van der Waals surface area contributed by atoms with Crippen molar-refractivity contribution >= 4 is 23.2 Å². The molecule has 0 saturated carbocycles. The molecule has 0 aliphatic heterocycles. The van der Waals surface area contributed by atoms with Gasteiger partial charge in [0.15, 0.2) is 11.5 Å². The first kappa shape index (κ1) is 18.9. The van der Waals surface area contributed by atoms with Gasteiger partial charge in [-0.2, -0.15) is 0 Å². The van der Waals surface area contributed by atoms with E-state index in [4.69, 9.17) is 25.8 Å². The van der Waals surface area contributed by atoms with Gasteiger partial charge in [-0.05, 0) is 43.7 Å². The quantitative estimate of drug-likeness (QED) is 0.758. The summed E-state index contributed by atoms with van der Waals surface area (Å²) in [6.07, 6.45) is 0.203. The Bertz CT molecular complexity index is 733. The summed E-state index contributed by atoms with van der Waals surface area (Å²) in [5, 5.41) is 3.23. The smallest absolute Gasteiger partial charge is 0.228 e. The monoisotopic (exact) mass is 363 g/mol. The van der Waals surface area contributed by atoms with E-state index in [1.165, 1.54) is 0 Å². The van der Waals surface area contributed by atoms with Crippen LogP contribution in [0.3, 0.4) is 0 Å². The molecule has 0 spiro atoms. The van der Waals surface area contributed by atoms with Crippen molar-refractivity contribution in [3.63, 3.8) is 0 Å². The molecule has 0 fully saturated rings. The van der Waals surface area contributed by atoms with Gasteiger partial charge in [0.05, 0.1) is 37.5 Å². The maximum absolute atomic E-state index is 12.3. The second kappa shape index (κ2) is 9.18. The van der Waals surface area contributed by atoms with E-state index in [1.807, 2.05) is 32.0 Å². The predicted octanol–water partition coefficient (Wildman–Crippen LogP) is 4.33. The summed E-state index contributed by atoms with van der Waals surface area (Å²) in [7, 11) is 1.56. The van der Waals surface area contributed by atoms with Crippen LogP contribution in [0, 0.1) is 0 Å². The summed E-state index contributed by atoms with van der Waals surface area (Å²) >= 11 is 6.15. The van der Waals surface area contributed by atoms with Gasteiger partial charge in [-0.15, -0.1) is 0 Å². The molecule has 0 saturated heterocycles. The SMILES string of the molecule is CCOc1ccc(CC(=O)Nc2ccc(OC)cc2Cl)cc1OCC. The number of ether oxygens (including phenoxy) is 3. The van der Waals surface area contributed by atoms with Crippen LogP contribution < -0.4 is 19.5 Å². The van der Waals surface area contributed by atoms with Crippen LogP contribution in [0.15, 0.2) is 36.4 Å². The number of halogens is 1. The third-order valence-electron chi connectivity index (χ3n) is 3.42. The van der Waals surface area contributed by atoms with Crippen LogP contribution in [-0.2, 0) is 11.2 Å². The average Bonchev–Trinajstić information content (AvgIpc) is 2.59. The molecule has 2 aromatic carbocycles. The molecular weight excluding hydrogens is 342 g/mol. The minimum Gasteiger partial charge on any atom is -0.497 e. The van der Waals surface area contributed by atoms with Crippen LogP contribution in [0.2, 0.25) is 5.02 Å². The van der Waals surface area contributed by atoms with Crippen molar-refractivity contribution in [2.24, 2.45) is 0 Å². The van der Waals surface area contributed by atoms with Gasteiger partial charge in [0.2, 0.25) is 5.91 Å². The molecule has 0 unspecified atom stereocenters. The Morgan fingerprint density at radius 3 is 2.40 bits per heavy atom. The first-order valence-electron chi connectivity index (χ1n) is 8.09. The predicted molar refractivity (Wildman–Crippen MR) is 99.1 cm³/mol. The number of amides is 1. The molecule has 0 heterocycles. The molecule has 2 aromatic rings. The summed E-state index contributed by atoms with van der Waals surface area (Å²) in [5.74, 6) is 1.78. The summed E-state index contributed by atoms with van der Waals surface area (Å²) in [4.78, 5) is 12.3. The maximum Gasteiger partial charge on any atom is 0.228 e. The van der Waals surface area contributed by atoms with Crippen molar-refractivity contribution in [2.45, 2.75) is 20.3 Å². The van der Waals surface area contributed by atoms with Crippen molar-refractivity contribution in [3.8, 4) is 17.2 Å². The molecule has 0 atom stereocenters. The van der Waals surface area contributed by atoms with Gasteiger partial charge in [-0.25, -0.2) is 0 Å². The highest BCUT2D eigenvalue weighted by Crippen LogP contribution is 2.29. The van der Waals surface area contributed by atoms with Crippen molar-refractivity contribution < 1.29 is 19.0 Å². The van der Waals surface area contributed by atoms with E-state index in [0.29, 0.717) is 41.2 Å². The first-order chi connectivity index (χ1) is 12.1. The molecule has 0 bridgehead atoms. The Morgan fingerprint density at radius 1 is 1.04 bits per heavy atom. The summed E-state index contributed by atoms with van der Waals surface area (Å²) in [6, 6.07) is 10.6. The van der Waals surface area contributed by atoms with Gasteiger partial charge in [-0.3, -0.25) is 4.79 Å². The van der Waals surface area contributed by atoms with Crippen LogP contribution in [0.4, 0.5) is 5.69 Å². The Hall–Kier alpha value is -2.40. The van der Waals surface area contributed by atoms with Crippen LogP contribution in [-0.4, -0.2) is 26.2 Å². The number of hydrogen-bond donors (Lipinski definition) is 1. The minimum atomic E-state index is -0.168. The molecule has 25 heavy (non-hydrogen) atoms. The fourth-order valence-corrected chi connectivity index (χ4v) is 2.53. The summed E-state index contributed by atoms with van der Waals surface area (Å²) in [6.45, 7) is 4.89. The normalized spacial score (nSPS) is 10.2. The van der Waals surface area contributed by atoms with Crippen LogP contribution in [0.1, 0.15) is 19.4 Å². The molecule has 0 aliphatic carbocycles. The second-order valence-corrected chi connectivity index (χ2v) is 5.63. The molecule has 0 aliphatic rings. The Morgan fingerprint density at radius 2 is 1.76 bits per heavy atom. The molecule has 1 amide bonds. The van der Waals surface area contributed by atoms with E-state index in [2.05, 4.69) is 5.32 Å². The molecule has 0 radical (unpaired) electrons. The molecule has 6 heteroatoms. The number of rotatable bonds is 8. The van der Waals surface area contributed by atoms with E-state index in [1.54, 1.807) is 25.3 Å². The molecular formula is C19H22ClNO4. The van der Waals surface area contributed by atoms with Gasteiger partial charge < -0.3 is 19.5 Å². The van der Waals surface area contributed by atoms with Gasteiger partial charge in [0.25, 0.3) is 0 Å². The summed E-state index contributed by atoms with van der Waals surface area (Å²) < 4.78 is 16.2. The van der Waals surface area contributed by atoms with Crippen LogP contribution in [0.5, 0.6) is 17.2 Å². The second-order valence-electron chi connectivity index (χ2n) is 5.22. The number of anilines is 1. The number of methoxy groups -OCH3 is 1. The molecule has 0 aromatic heterocycles. The Kier molecular flexibility index (Phi) is 6.95. The lowest BCUT2D eigenvalue weighted by Crippen LogP contribution is -2.15. The van der Waals surface area contributed by atoms with Crippen molar-refractivity contribution in [1.82, 2.24) is 0 Å². The molecule has 1 N–H and O–H groups in total. The highest BCUT2D eigenvalue weighted by Gasteiger charge is 2.11. The zero-order valence-electron chi connectivity index (χ0n) is 14.6.